The zero-order chi connectivity index (χ0) is 29.1. The van der Waals surface area contributed by atoms with Crippen molar-refractivity contribution in [2.45, 2.75) is 37.6 Å². The van der Waals surface area contributed by atoms with Crippen LogP contribution in [0.15, 0.2) is 48.5 Å². The highest BCUT2D eigenvalue weighted by atomic mass is 19.1. The third-order valence-electron chi connectivity index (χ3n) is 8.47. The molecule has 2 aromatic rings. The second-order valence-corrected chi connectivity index (χ2v) is 11.0. The maximum atomic E-state index is 13.7. The van der Waals surface area contributed by atoms with Crippen LogP contribution in [-0.2, 0) is 14.4 Å². The van der Waals surface area contributed by atoms with Crippen LogP contribution in [0.3, 0.4) is 0 Å². The Morgan fingerprint density at radius 3 is 2.07 bits per heavy atom. The summed E-state index contributed by atoms with van der Waals surface area (Å²) in [6.45, 7) is 1.93. The molecule has 2 aromatic carbocycles. The number of hydrogen-bond donors (Lipinski definition) is 1. The molecule has 0 spiro atoms. The molecule has 0 radical (unpaired) electrons. The minimum Gasteiger partial charge on any atom is -0.410 e. The van der Waals surface area contributed by atoms with Gasteiger partial charge in [-0.05, 0) is 61.2 Å². The van der Waals surface area contributed by atoms with E-state index in [2.05, 4.69) is 5.32 Å². The van der Waals surface area contributed by atoms with Gasteiger partial charge in [0.2, 0.25) is 17.7 Å². The summed E-state index contributed by atoms with van der Waals surface area (Å²) in [5.74, 6) is -1.41. The fourth-order valence-electron chi connectivity index (χ4n) is 6.01. The summed E-state index contributed by atoms with van der Waals surface area (Å²) < 4.78 is 32.4. The molecule has 9 nitrogen and oxygen atoms in total. The highest BCUT2D eigenvalue weighted by Crippen LogP contribution is 2.34. The van der Waals surface area contributed by atoms with Crippen LogP contribution in [0.25, 0.3) is 0 Å². The normalized spacial score (nSPS) is 23.2. The van der Waals surface area contributed by atoms with E-state index in [-0.39, 0.29) is 53.6 Å². The van der Waals surface area contributed by atoms with E-state index >= 15 is 0 Å². The fraction of sp³-hybridized carbons (Fsp3) is 0.467. The fourth-order valence-corrected chi connectivity index (χ4v) is 6.01. The summed E-state index contributed by atoms with van der Waals surface area (Å²) in [5.41, 5.74) is 0.799. The van der Waals surface area contributed by atoms with Crippen molar-refractivity contribution in [3.05, 3.63) is 65.7 Å². The molecule has 41 heavy (non-hydrogen) atoms. The van der Waals surface area contributed by atoms with Crippen molar-refractivity contribution < 1.29 is 32.7 Å². The number of likely N-dealkylation sites (tertiary alicyclic amines) is 2. The summed E-state index contributed by atoms with van der Waals surface area (Å²) in [7, 11) is 1.60. The van der Waals surface area contributed by atoms with E-state index in [9.17, 15) is 28.0 Å². The van der Waals surface area contributed by atoms with Crippen LogP contribution in [0.2, 0.25) is 0 Å². The smallest absolute Gasteiger partial charge is 0.410 e. The van der Waals surface area contributed by atoms with Gasteiger partial charge in [0.05, 0.1) is 12.0 Å². The number of carbonyl (C=O) groups excluding carboxylic acids is 4. The molecule has 5 rings (SSSR count). The lowest BCUT2D eigenvalue weighted by molar-refractivity contribution is -0.143. The van der Waals surface area contributed by atoms with Crippen molar-refractivity contribution in [2.75, 3.05) is 39.8 Å². The molecule has 3 fully saturated rings. The van der Waals surface area contributed by atoms with E-state index in [0.717, 1.165) is 5.56 Å². The topological polar surface area (TPSA) is 99.3 Å². The number of ether oxygens (including phenoxy) is 1. The Bertz CT molecular complexity index is 1270. The predicted octanol–water partition coefficient (Wildman–Crippen LogP) is 3.15. The number of piperidine rings is 2. The number of rotatable bonds is 5. The van der Waals surface area contributed by atoms with Gasteiger partial charge in [0, 0.05) is 58.0 Å². The lowest BCUT2D eigenvalue weighted by atomic mass is 9.92. The van der Waals surface area contributed by atoms with Gasteiger partial charge in [0.15, 0.2) is 0 Å². The van der Waals surface area contributed by atoms with Crippen LogP contribution in [0.4, 0.5) is 13.6 Å². The average Bonchev–Trinajstić information content (AvgIpc) is 3.43. The molecule has 0 saturated carbocycles. The van der Waals surface area contributed by atoms with Crippen molar-refractivity contribution in [3.63, 3.8) is 0 Å². The zero-order valence-electron chi connectivity index (χ0n) is 22.9. The average molecular weight is 569 g/mol. The van der Waals surface area contributed by atoms with E-state index in [0.29, 0.717) is 51.9 Å². The van der Waals surface area contributed by atoms with Crippen LogP contribution >= 0.6 is 0 Å². The van der Waals surface area contributed by atoms with Gasteiger partial charge in [-0.1, -0.05) is 12.1 Å². The number of likely N-dealkylation sites (N-methyl/N-ethyl adjacent to an activating group) is 1. The maximum Gasteiger partial charge on any atom is 0.415 e. The first kappa shape index (κ1) is 28.5. The third-order valence-corrected chi connectivity index (χ3v) is 8.47. The molecular weight excluding hydrogens is 534 g/mol. The maximum absolute atomic E-state index is 13.7. The Hall–Kier alpha value is -4.02. The predicted molar refractivity (Wildman–Crippen MR) is 145 cm³/mol. The third kappa shape index (κ3) is 6.49. The number of benzene rings is 2. The van der Waals surface area contributed by atoms with E-state index in [1.165, 1.54) is 41.3 Å². The second-order valence-electron chi connectivity index (χ2n) is 11.0. The lowest BCUT2D eigenvalue weighted by Gasteiger charge is -2.36. The van der Waals surface area contributed by atoms with Gasteiger partial charge < -0.3 is 24.8 Å². The molecule has 3 heterocycles. The first-order chi connectivity index (χ1) is 19.7. The lowest BCUT2D eigenvalue weighted by Crippen LogP contribution is -2.49. The van der Waals surface area contributed by atoms with Crippen LogP contribution in [-0.4, -0.2) is 84.3 Å². The Kier molecular flexibility index (Phi) is 8.51. The molecule has 218 valence electrons. The summed E-state index contributed by atoms with van der Waals surface area (Å²) >= 11 is 0. The van der Waals surface area contributed by atoms with Gasteiger partial charge in [-0.2, -0.15) is 0 Å². The second kappa shape index (κ2) is 12.2. The standard InChI is InChI=1S/C30H34F2N4O5/c1-34(30(40)41-24-9-7-23(32)8-10-24)26-18-36(17-25(26)19-2-5-22(31)6-3-19)28(38)20-12-14-35(15-13-20)29(39)21-4-11-27(37)33-16-21/h2-3,5-10,20-21,25-26H,4,11-18H2,1H3,(H,33,37). The summed E-state index contributed by atoms with van der Waals surface area (Å²) in [4.78, 5) is 56.0. The molecule has 1 N–H and O–H groups in total. The van der Waals surface area contributed by atoms with E-state index < -0.39 is 18.0 Å². The van der Waals surface area contributed by atoms with E-state index in [1.54, 1.807) is 29.0 Å². The summed E-state index contributed by atoms with van der Waals surface area (Å²) in [6.07, 6.45) is 1.32. The largest absolute Gasteiger partial charge is 0.415 e. The Morgan fingerprint density at radius 2 is 1.46 bits per heavy atom. The van der Waals surface area contributed by atoms with Gasteiger partial charge in [0.25, 0.3) is 0 Å². The summed E-state index contributed by atoms with van der Waals surface area (Å²) in [5, 5.41) is 2.75. The Balaban J connectivity index is 1.24. The quantitative estimate of drug-likeness (QED) is 0.598. The SMILES string of the molecule is CN(C(=O)Oc1ccc(F)cc1)C1CN(C(=O)C2CCN(C(=O)C3CCC(=O)NC3)CC2)CC1c1ccc(F)cc1. The molecule has 3 aliphatic rings. The highest BCUT2D eigenvalue weighted by Gasteiger charge is 2.43. The minimum absolute atomic E-state index is 0.0230. The molecule has 3 atom stereocenters. The molecule has 0 aliphatic carbocycles. The minimum atomic E-state index is -0.645. The Morgan fingerprint density at radius 1 is 0.854 bits per heavy atom. The molecule has 3 unspecified atom stereocenters. The molecule has 11 heteroatoms. The number of carbonyl (C=O) groups is 4. The van der Waals surface area contributed by atoms with Crippen LogP contribution in [0, 0.1) is 23.5 Å². The van der Waals surface area contributed by atoms with Gasteiger partial charge in [0.1, 0.15) is 17.4 Å². The van der Waals surface area contributed by atoms with E-state index in [1.807, 2.05) is 0 Å². The number of halogens is 2. The molecule has 3 saturated heterocycles. The number of nitrogens with zero attached hydrogens (tertiary/aromatic N) is 3. The monoisotopic (exact) mass is 568 g/mol. The summed E-state index contributed by atoms with van der Waals surface area (Å²) in [6, 6.07) is 10.7. The van der Waals surface area contributed by atoms with E-state index in [4.69, 9.17) is 4.74 Å². The van der Waals surface area contributed by atoms with Gasteiger partial charge in [-0.3, -0.25) is 14.4 Å². The highest BCUT2D eigenvalue weighted by molar-refractivity contribution is 5.84. The van der Waals surface area contributed by atoms with Gasteiger partial charge in [-0.25, -0.2) is 13.6 Å². The molecule has 0 aromatic heterocycles. The molecule has 3 aliphatic heterocycles. The number of amides is 4. The molecule has 4 amide bonds. The van der Waals surface area contributed by atoms with Crippen molar-refractivity contribution in [3.8, 4) is 5.75 Å². The van der Waals surface area contributed by atoms with Crippen molar-refractivity contribution in [1.29, 1.82) is 0 Å². The molecular formula is C30H34F2N4O5. The number of nitrogens with one attached hydrogen (secondary N) is 1. The Labute approximate surface area is 237 Å². The van der Waals surface area contributed by atoms with Gasteiger partial charge in [-0.15, -0.1) is 0 Å². The number of hydrogen-bond acceptors (Lipinski definition) is 5. The van der Waals surface area contributed by atoms with Crippen LogP contribution in [0.5, 0.6) is 5.75 Å². The van der Waals surface area contributed by atoms with Gasteiger partial charge >= 0.3 is 6.09 Å². The van der Waals surface area contributed by atoms with Crippen LogP contribution in [0.1, 0.15) is 37.2 Å². The van der Waals surface area contributed by atoms with Crippen LogP contribution < -0.4 is 10.1 Å². The first-order valence-corrected chi connectivity index (χ1v) is 14.0. The van der Waals surface area contributed by atoms with Crippen molar-refractivity contribution >= 4 is 23.8 Å². The first-order valence-electron chi connectivity index (χ1n) is 14.0. The molecule has 0 bridgehead atoms. The van der Waals surface area contributed by atoms with Crippen molar-refractivity contribution in [2.24, 2.45) is 11.8 Å². The zero-order valence-corrected chi connectivity index (χ0v) is 22.9. The van der Waals surface area contributed by atoms with Crippen molar-refractivity contribution in [1.82, 2.24) is 20.0 Å².